The summed E-state index contributed by atoms with van der Waals surface area (Å²) in [7, 11) is 0. The van der Waals surface area contributed by atoms with Crippen molar-refractivity contribution in [3.8, 4) is 0 Å². The van der Waals surface area contributed by atoms with E-state index in [9.17, 15) is 0 Å². The van der Waals surface area contributed by atoms with Crippen molar-refractivity contribution in [2.24, 2.45) is 0 Å². The Morgan fingerprint density at radius 2 is 2.23 bits per heavy atom. The second kappa shape index (κ2) is 3.64. The normalized spacial score (nSPS) is 23.7. The van der Waals surface area contributed by atoms with Gasteiger partial charge in [0.1, 0.15) is 0 Å². The van der Waals surface area contributed by atoms with Gasteiger partial charge < -0.3 is 4.74 Å². The fourth-order valence-corrected chi connectivity index (χ4v) is 2.23. The molecule has 0 spiro atoms. The molecule has 0 bridgehead atoms. The second-order valence-corrected chi connectivity index (χ2v) is 4.40. The summed E-state index contributed by atoms with van der Waals surface area (Å²) in [5.74, 6) is 0. The molecular weight excluding hydrogens is 180 g/mol. The van der Waals surface area contributed by atoms with Crippen molar-refractivity contribution in [2.45, 2.75) is 26.4 Å². The third-order valence-corrected chi connectivity index (χ3v) is 3.34. The Morgan fingerprint density at radius 3 is 2.85 bits per heavy atom. The van der Waals surface area contributed by atoms with Gasteiger partial charge in [-0.3, -0.25) is 0 Å². The molecule has 1 aliphatic heterocycles. The fourth-order valence-electron chi connectivity index (χ4n) is 1.53. The highest BCUT2D eigenvalue weighted by Crippen LogP contribution is 2.31. The number of hydrogen-bond donors (Lipinski definition) is 0. The predicted octanol–water partition coefficient (Wildman–Crippen LogP) is 3.55. The van der Waals surface area contributed by atoms with Crippen LogP contribution in [-0.4, -0.2) is 6.61 Å². The Kier molecular flexibility index (Phi) is 2.51. The van der Waals surface area contributed by atoms with E-state index in [-0.39, 0.29) is 0 Å². The van der Waals surface area contributed by atoms with E-state index in [0.29, 0.717) is 6.10 Å². The van der Waals surface area contributed by atoms with Crippen molar-refractivity contribution in [1.29, 1.82) is 0 Å². The first-order valence-electron chi connectivity index (χ1n) is 4.56. The van der Waals surface area contributed by atoms with Crippen LogP contribution in [0.25, 0.3) is 0 Å². The van der Waals surface area contributed by atoms with Crippen LogP contribution in [0.1, 0.15) is 31.9 Å². The molecule has 0 fully saturated rings. The van der Waals surface area contributed by atoms with E-state index < -0.39 is 0 Å². The number of ether oxygens (including phenoxy) is 1. The zero-order chi connectivity index (χ0) is 9.26. The largest absolute Gasteiger partial charge is 0.369 e. The van der Waals surface area contributed by atoms with Crippen LogP contribution in [-0.2, 0) is 4.74 Å². The summed E-state index contributed by atoms with van der Waals surface area (Å²) in [6.07, 6.45) is 1.36. The van der Waals surface area contributed by atoms with E-state index in [1.54, 1.807) is 11.3 Å². The molecule has 1 aromatic heterocycles. The lowest BCUT2D eigenvalue weighted by atomic mass is 9.99. The van der Waals surface area contributed by atoms with Crippen molar-refractivity contribution in [2.75, 3.05) is 6.61 Å². The smallest absolute Gasteiger partial charge is 0.0874 e. The van der Waals surface area contributed by atoms with Gasteiger partial charge in [-0.15, -0.1) is 0 Å². The Labute approximate surface area is 83.0 Å². The average molecular weight is 194 g/mol. The monoisotopic (exact) mass is 194 g/mol. The molecular formula is C11H14OS. The van der Waals surface area contributed by atoms with Crippen LogP contribution in [0.2, 0.25) is 0 Å². The second-order valence-electron chi connectivity index (χ2n) is 3.62. The SMILES string of the molecule is CC1=C(C)C[C@H](c2ccsc2)OC1. The lowest BCUT2D eigenvalue weighted by molar-refractivity contribution is 0.0581. The van der Waals surface area contributed by atoms with E-state index in [1.807, 2.05) is 0 Å². The molecule has 0 aliphatic carbocycles. The topological polar surface area (TPSA) is 9.23 Å². The molecule has 2 heterocycles. The van der Waals surface area contributed by atoms with E-state index in [2.05, 4.69) is 30.7 Å². The maximum absolute atomic E-state index is 5.75. The maximum Gasteiger partial charge on any atom is 0.0874 e. The van der Waals surface area contributed by atoms with Crippen molar-refractivity contribution in [3.05, 3.63) is 33.5 Å². The highest BCUT2D eigenvalue weighted by atomic mass is 32.1. The van der Waals surface area contributed by atoms with Gasteiger partial charge >= 0.3 is 0 Å². The van der Waals surface area contributed by atoms with Crippen LogP contribution >= 0.6 is 11.3 Å². The van der Waals surface area contributed by atoms with Crippen LogP contribution in [0.4, 0.5) is 0 Å². The first-order chi connectivity index (χ1) is 6.27. The first kappa shape index (κ1) is 8.97. The van der Waals surface area contributed by atoms with Crippen molar-refractivity contribution < 1.29 is 4.74 Å². The molecule has 1 nitrogen and oxygen atoms in total. The third kappa shape index (κ3) is 1.84. The predicted molar refractivity (Wildman–Crippen MR) is 56.0 cm³/mol. The lowest BCUT2D eigenvalue weighted by Crippen LogP contribution is -2.12. The van der Waals surface area contributed by atoms with Gasteiger partial charge in [-0.05, 0) is 48.2 Å². The van der Waals surface area contributed by atoms with Crippen LogP contribution in [0.5, 0.6) is 0 Å². The number of rotatable bonds is 1. The molecule has 2 heteroatoms. The summed E-state index contributed by atoms with van der Waals surface area (Å²) in [4.78, 5) is 0. The van der Waals surface area contributed by atoms with Gasteiger partial charge in [-0.25, -0.2) is 0 Å². The standard InChI is InChI=1S/C11H14OS/c1-8-5-11(12-6-9(8)2)10-3-4-13-7-10/h3-4,7,11H,5-6H2,1-2H3/t11-/m1/s1. The van der Waals surface area contributed by atoms with Crippen LogP contribution < -0.4 is 0 Å². The molecule has 1 aliphatic rings. The average Bonchev–Trinajstić information content (AvgIpc) is 2.62. The number of thiophene rings is 1. The van der Waals surface area contributed by atoms with Gasteiger partial charge in [-0.1, -0.05) is 5.57 Å². The van der Waals surface area contributed by atoms with E-state index in [0.717, 1.165) is 13.0 Å². The van der Waals surface area contributed by atoms with Gasteiger partial charge in [0, 0.05) is 0 Å². The van der Waals surface area contributed by atoms with Gasteiger partial charge in [-0.2, -0.15) is 11.3 Å². The zero-order valence-electron chi connectivity index (χ0n) is 8.04. The quantitative estimate of drug-likeness (QED) is 0.621. The van der Waals surface area contributed by atoms with Crippen molar-refractivity contribution in [3.63, 3.8) is 0 Å². The highest BCUT2D eigenvalue weighted by molar-refractivity contribution is 7.07. The van der Waals surface area contributed by atoms with Crippen LogP contribution in [0.15, 0.2) is 28.0 Å². The van der Waals surface area contributed by atoms with Gasteiger partial charge in [0.15, 0.2) is 0 Å². The Balaban J connectivity index is 2.14. The van der Waals surface area contributed by atoms with E-state index >= 15 is 0 Å². The van der Waals surface area contributed by atoms with Crippen molar-refractivity contribution >= 4 is 11.3 Å². The van der Waals surface area contributed by atoms with Gasteiger partial charge in [0.05, 0.1) is 12.7 Å². The molecule has 0 radical (unpaired) electrons. The summed E-state index contributed by atoms with van der Waals surface area (Å²) < 4.78 is 5.75. The fraction of sp³-hybridized carbons (Fsp3) is 0.455. The molecule has 13 heavy (non-hydrogen) atoms. The molecule has 0 saturated carbocycles. The summed E-state index contributed by atoms with van der Waals surface area (Å²) in [6.45, 7) is 5.16. The number of hydrogen-bond acceptors (Lipinski definition) is 2. The summed E-state index contributed by atoms with van der Waals surface area (Å²) >= 11 is 1.74. The van der Waals surface area contributed by atoms with E-state index in [4.69, 9.17) is 4.74 Å². The zero-order valence-corrected chi connectivity index (χ0v) is 8.86. The molecule has 0 unspecified atom stereocenters. The summed E-state index contributed by atoms with van der Waals surface area (Å²) in [6, 6.07) is 2.16. The molecule has 0 N–H and O–H groups in total. The third-order valence-electron chi connectivity index (χ3n) is 2.64. The minimum atomic E-state index is 0.301. The minimum Gasteiger partial charge on any atom is -0.369 e. The highest BCUT2D eigenvalue weighted by Gasteiger charge is 2.18. The molecule has 1 aromatic rings. The lowest BCUT2D eigenvalue weighted by Gasteiger charge is -2.24. The van der Waals surface area contributed by atoms with Crippen molar-refractivity contribution in [1.82, 2.24) is 0 Å². The Morgan fingerprint density at radius 1 is 1.38 bits per heavy atom. The molecule has 0 aromatic carbocycles. The van der Waals surface area contributed by atoms with Crippen LogP contribution in [0.3, 0.4) is 0 Å². The Bertz CT molecular complexity index is 311. The molecule has 70 valence electrons. The Hall–Kier alpha value is -0.600. The van der Waals surface area contributed by atoms with Gasteiger partial charge in [0.2, 0.25) is 0 Å². The summed E-state index contributed by atoms with van der Waals surface area (Å²) in [5, 5.41) is 4.29. The summed E-state index contributed by atoms with van der Waals surface area (Å²) in [5.41, 5.74) is 4.21. The first-order valence-corrected chi connectivity index (χ1v) is 5.50. The minimum absolute atomic E-state index is 0.301. The van der Waals surface area contributed by atoms with Crippen LogP contribution in [0, 0.1) is 0 Å². The molecule has 2 rings (SSSR count). The molecule has 0 amide bonds. The maximum atomic E-state index is 5.75. The van der Waals surface area contributed by atoms with E-state index in [1.165, 1.54) is 16.7 Å². The molecule has 0 saturated heterocycles. The molecule has 1 atom stereocenters. The van der Waals surface area contributed by atoms with Gasteiger partial charge in [0.25, 0.3) is 0 Å².